The number of nitrogens with zero attached hydrogens (tertiary/aromatic N) is 2. The van der Waals surface area contributed by atoms with Crippen molar-refractivity contribution in [2.45, 2.75) is 33.0 Å². The van der Waals surface area contributed by atoms with Crippen LogP contribution in [0.1, 0.15) is 19.4 Å². The van der Waals surface area contributed by atoms with Crippen molar-refractivity contribution in [3.63, 3.8) is 0 Å². The Morgan fingerprint density at radius 3 is 2.95 bits per heavy atom. The Morgan fingerprint density at radius 2 is 2.25 bits per heavy atom. The second-order valence-corrected chi connectivity index (χ2v) is 4.91. The maximum absolute atomic E-state index is 13.3. The minimum Gasteiger partial charge on any atom is -0.491 e. The van der Waals surface area contributed by atoms with Gasteiger partial charge in [0.1, 0.15) is 18.2 Å². The highest BCUT2D eigenvalue weighted by atomic mass is 19.1. The van der Waals surface area contributed by atoms with Gasteiger partial charge in [-0.2, -0.15) is 5.10 Å². The maximum atomic E-state index is 13.3. The zero-order chi connectivity index (χ0) is 14.4. The van der Waals surface area contributed by atoms with Crippen LogP contribution in [0, 0.1) is 5.82 Å². The second-order valence-electron chi connectivity index (χ2n) is 4.91. The van der Waals surface area contributed by atoms with E-state index < -0.39 is 0 Å². The summed E-state index contributed by atoms with van der Waals surface area (Å²) < 4.78 is 20.9. The Kier molecular flexibility index (Phi) is 5.12. The first-order valence-electron chi connectivity index (χ1n) is 6.77. The lowest BCUT2D eigenvalue weighted by atomic mass is 10.2. The average Bonchev–Trinajstić information content (AvgIpc) is 2.91. The molecule has 0 fully saturated rings. The molecule has 108 valence electrons. The summed E-state index contributed by atoms with van der Waals surface area (Å²) in [6, 6.07) is 6.82. The zero-order valence-corrected chi connectivity index (χ0v) is 11.8. The van der Waals surface area contributed by atoms with E-state index in [4.69, 9.17) is 4.74 Å². The first-order chi connectivity index (χ1) is 9.65. The van der Waals surface area contributed by atoms with Gasteiger partial charge in [-0.05, 0) is 24.3 Å². The Morgan fingerprint density at radius 1 is 1.40 bits per heavy atom. The summed E-state index contributed by atoms with van der Waals surface area (Å²) >= 11 is 0. The van der Waals surface area contributed by atoms with Crippen LogP contribution in [-0.2, 0) is 13.1 Å². The molecular weight excluding hydrogens is 257 g/mol. The summed E-state index contributed by atoms with van der Waals surface area (Å²) in [7, 11) is 0. The van der Waals surface area contributed by atoms with Gasteiger partial charge in [-0.25, -0.2) is 4.39 Å². The van der Waals surface area contributed by atoms with E-state index in [2.05, 4.69) is 24.3 Å². The van der Waals surface area contributed by atoms with E-state index in [0.717, 1.165) is 5.56 Å². The van der Waals surface area contributed by atoms with Gasteiger partial charge in [0, 0.05) is 30.5 Å². The normalized spacial score (nSPS) is 11.0. The number of ether oxygens (including phenoxy) is 1. The molecule has 0 aliphatic rings. The van der Waals surface area contributed by atoms with Crippen LogP contribution < -0.4 is 10.1 Å². The van der Waals surface area contributed by atoms with E-state index >= 15 is 0 Å². The van der Waals surface area contributed by atoms with Crippen molar-refractivity contribution in [3.05, 3.63) is 48.0 Å². The van der Waals surface area contributed by atoms with Gasteiger partial charge in [0.25, 0.3) is 0 Å². The van der Waals surface area contributed by atoms with Crippen molar-refractivity contribution in [1.29, 1.82) is 0 Å². The molecule has 1 aromatic carbocycles. The molecule has 0 aliphatic carbocycles. The van der Waals surface area contributed by atoms with Crippen LogP contribution in [0.2, 0.25) is 0 Å². The number of hydrogen-bond donors (Lipinski definition) is 1. The number of nitrogens with one attached hydrogen (secondary N) is 1. The molecular formula is C15H20FN3O. The van der Waals surface area contributed by atoms with Gasteiger partial charge < -0.3 is 10.1 Å². The monoisotopic (exact) mass is 277 g/mol. The van der Waals surface area contributed by atoms with Gasteiger partial charge in [0.15, 0.2) is 0 Å². The minimum atomic E-state index is -0.245. The molecule has 0 radical (unpaired) electrons. The molecule has 0 saturated heterocycles. The fourth-order valence-electron chi connectivity index (χ4n) is 1.82. The summed E-state index contributed by atoms with van der Waals surface area (Å²) in [6.07, 6.45) is 3.62. The molecule has 0 saturated carbocycles. The third-order valence-electron chi connectivity index (χ3n) is 2.86. The number of rotatable bonds is 7. The lowest BCUT2D eigenvalue weighted by molar-refractivity contribution is 0.287. The largest absolute Gasteiger partial charge is 0.491 e. The van der Waals surface area contributed by atoms with Crippen molar-refractivity contribution >= 4 is 0 Å². The Labute approximate surface area is 118 Å². The second kappa shape index (κ2) is 7.05. The van der Waals surface area contributed by atoms with Crippen LogP contribution in [0.15, 0.2) is 36.7 Å². The molecule has 1 heterocycles. The van der Waals surface area contributed by atoms with Crippen molar-refractivity contribution in [1.82, 2.24) is 15.1 Å². The zero-order valence-electron chi connectivity index (χ0n) is 11.8. The SMILES string of the molecule is CC(C)NCc1cc(F)ccc1OCCn1cccn1. The van der Waals surface area contributed by atoms with Gasteiger partial charge >= 0.3 is 0 Å². The summed E-state index contributed by atoms with van der Waals surface area (Å²) in [5.74, 6) is 0.469. The highest BCUT2D eigenvalue weighted by Gasteiger charge is 2.06. The molecule has 4 nitrogen and oxygen atoms in total. The van der Waals surface area contributed by atoms with Crippen molar-refractivity contribution in [3.8, 4) is 5.75 Å². The molecule has 0 bridgehead atoms. The summed E-state index contributed by atoms with van der Waals surface area (Å²) in [5.41, 5.74) is 0.833. The van der Waals surface area contributed by atoms with Crippen molar-refractivity contribution in [2.75, 3.05) is 6.61 Å². The van der Waals surface area contributed by atoms with E-state index in [1.54, 1.807) is 16.9 Å². The van der Waals surface area contributed by atoms with Gasteiger partial charge in [-0.3, -0.25) is 4.68 Å². The van der Waals surface area contributed by atoms with E-state index in [-0.39, 0.29) is 5.82 Å². The van der Waals surface area contributed by atoms with Gasteiger partial charge in [-0.1, -0.05) is 13.8 Å². The molecule has 0 amide bonds. The topological polar surface area (TPSA) is 39.1 Å². The Hall–Kier alpha value is -1.88. The third kappa shape index (κ3) is 4.35. The lowest BCUT2D eigenvalue weighted by Gasteiger charge is -2.14. The Balaban J connectivity index is 1.95. The third-order valence-corrected chi connectivity index (χ3v) is 2.86. The van der Waals surface area contributed by atoms with E-state index in [1.807, 2.05) is 12.3 Å². The van der Waals surface area contributed by atoms with Crippen LogP contribution in [0.5, 0.6) is 5.75 Å². The molecule has 5 heteroatoms. The number of aromatic nitrogens is 2. The summed E-state index contributed by atoms with van der Waals surface area (Å²) in [4.78, 5) is 0. The minimum absolute atomic E-state index is 0.245. The van der Waals surface area contributed by atoms with Gasteiger partial charge in [0.2, 0.25) is 0 Å². The molecule has 2 rings (SSSR count). The number of halogens is 1. The number of benzene rings is 1. The van der Waals surface area contributed by atoms with Gasteiger partial charge in [0.05, 0.1) is 6.54 Å². The summed E-state index contributed by atoms with van der Waals surface area (Å²) in [6.45, 7) is 5.87. The highest BCUT2D eigenvalue weighted by Crippen LogP contribution is 2.19. The maximum Gasteiger partial charge on any atom is 0.124 e. The quantitative estimate of drug-likeness (QED) is 0.845. The van der Waals surface area contributed by atoms with Crippen LogP contribution in [0.4, 0.5) is 4.39 Å². The molecule has 1 N–H and O–H groups in total. The first-order valence-corrected chi connectivity index (χ1v) is 6.77. The molecule has 1 aromatic heterocycles. The Bertz CT molecular complexity index is 526. The van der Waals surface area contributed by atoms with Crippen LogP contribution in [-0.4, -0.2) is 22.4 Å². The van der Waals surface area contributed by atoms with Crippen molar-refractivity contribution < 1.29 is 9.13 Å². The number of hydrogen-bond acceptors (Lipinski definition) is 3. The first kappa shape index (κ1) is 14.5. The predicted molar refractivity (Wildman–Crippen MR) is 76.1 cm³/mol. The van der Waals surface area contributed by atoms with Crippen LogP contribution in [0.25, 0.3) is 0 Å². The van der Waals surface area contributed by atoms with Crippen LogP contribution >= 0.6 is 0 Å². The van der Waals surface area contributed by atoms with E-state index in [0.29, 0.717) is 31.5 Å². The highest BCUT2D eigenvalue weighted by molar-refractivity contribution is 5.34. The molecule has 20 heavy (non-hydrogen) atoms. The fourth-order valence-corrected chi connectivity index (χ4v) is 1.82. The molecule has 0 unspecified atom stereocenters. The van der Waals surface area contributed by atoms with E-state index in [1.165, 1.54) is 12.1 Å². The average molecular weight is 277 g/mol. The summed E-state index contributed by atoms with van der Waals surface area (Å²) in [5, 5.41) is 7.38. The molecule has 0 aliphatic heterocycles. The van der Waals surface area contributed by atoms with Gasteiger partial charge in [-0.15, -0.1) is 0 Å². The smallest absolute Gasteiger partial charge is 0.124 e. The fraction of sp³-hybridized carbons (Fsp3) is 0.400. The molecule has 0 atom stereocenters. The molecule has 2 aromatic rings. The standard InChI is InChI=1S/C15H20FN3O/c1-12(2)17-11-13-10-14(16)4-5-15(13)20-9-8-19-7-3-6-18-19/h3-7,10,12,17H,8-9,11H2,1-2H3. The predicted octanol–water partition coefficient (Wildman–Crippen LogP) is 2.60. The lowest BCUT2D eigenvalue weighted by Crippen LogP contribution is -2.22. The van der Waals surface area contributed by atoms with E-state index in [9.17, 15) is 4.39 Å². The molecule has 0 spiro atoms. The van der Waals surface area contributed by atoms with Crippen LogP contribution in [0.3, 0.4) is 0 Å². The van der Waals surface area contributed by atoms with Crippen molar-refractivity contribution in [2.24, 2.45) is 0 Å².